The van der Waals surface area contributed by atoms with Crippen LogP contribution in [-0.2, 0) is 6.18 Å². The van der Waals surface area contributed by atoms with Gasteiger partial charge in [0.25, 0.3) is 0 Å². The van der Waals surface area contributed by atoms with Gasteiger partial charge in [-0.25, -0.2) is 9.67 Å². The standard InChI is InChI=1S/C23H20F3N3O2/c1-13-5-8-16(9-6-13)29-22-21(14(2)28-29)17(23(24,25)26)12-18(27-22)15-7-10-19(30-3)20(11-15)31-4/h5-12H,1-4H3. The molecule has 2 heterocycles. The molecule has 0 unspecified atom stereocenters. The van der Waals surface area contributed by atoms with Crippen molar-refractivity contribution < 1.29 is 22.6 Å². The normalized spacial score (nSPS) is 11.7. The molecule has 8 heteroatoms. The van der Waals surface area contributed by atoms with E-state index in [0.29, 0.717) is 22.7 Å². The van der Waals surface area contributed by atoms with E-state index in [4.69, 9.17) is 9.47 Å². The van der Waals surface area contributed by atoms with Gasteiger partial charge in [0, 0.05) is 5.56 Å². The molecule has 0 fully saturated rings. The first kappa shape index (κ1) is 20.7. The van der Waals surface area contributed by atoms with E-state index in [1.54, 1.807) is 37.3 Å². The number of halogens is 3. The van der Waals surface area contributed by atoms with Crippen LogP contribution in [0.5, 0.6) is 11.5 Å². The zero-order valence-electron chi connectivity index (χ0n) is 17.4. The first-order valence-electron chi connectivity index (χ1n) is 9.50. The molecule has 0 aliphatic carbocycles. The van der Waals surface area contributed by atoms with Gasteiger partial charge in [-0.05, 0) is 50.2 Å². The SMILES string of the molecule is COc1ccc(-c2cc(C(F)(F)F)c3c(C)nn(-c4ccc(C)cc4)c3n2)cc1OC. The number of aromatic nitrogens is 3. The highest BCUT2D eigenvalue weighted by molar-refractivity contribution is 5.87. The topological polar surface area (TPSA) is 49.2 Å². The second-order valence-corrected chi connectivity index (χ2v) is 7.15. The summed E-state index contributed by atoms with van der Waals surface area (Å²) < 4.78 is 54.0. The minimum atomic E-state index is -4.57. The number of hydrogen-bond donors (Lipinski definition) is 0. The molecule has 0 N–H and O–H groups in total. The van der Waals surface area contributed by atoms with Crippen LogP contribution >= 0.6 is 0 Å². The van der Waals surface area contributed by atoms with Gasteiger partial charge >= 0.3 is 6.18 Å². The van der Waals surface area contributed by atoms with Crippen molar-refractivity contribution in [2.75, 3.05) is 14.2 Å². The van der Waals surface area contributed by atoms with E-state index < -0.39 is 11.7 Å². The molecule has 0 aliphatic heterocycles. The number of methoxy groups -OCH3 is 2. The summed E-state index contributed by atoms with van der Waals surface area (Å²) in [4.78, 5) is 4.57. The van der Waals surface area contributed by atoms with Crippen LogP contribution in [-0.4, -0.2) is 29.0 Å². The average Bonchev–Trinajstić information content (AvgIpc) is 3.08. The minimum Gasteiger partial charge on any atom is -0.493 e. The second kappa shape index (κ2) is 7.61. The number of benzene rings is 2. The van der Waals surface area contributed by atoms with Crippen LogP contribution in [0.25, 0.3) is 28.0 Å². The van der Waals surface area contributed by atoms with Crippen molar-refractivity contribution in [3.05, 3.63) is 65.4 Å². The molecule has 0 saturated heterocycles. The average molecular weight is 427 g/mol. The molecule has 31 heavy (non-hydrogen) atoms. The third-order valence-corrected chi connectivity index (χ3v) is 5.08. The molecule has 2 aromatic heterocycles. The molecule has 160 valence electrons. The summed E-state index contributed by atoms with van der Waals surface area (Å²) >= 11 is 0. The predicted octanol–water partition coefficient (Wildman–Crippen LogP) is 5.74. The predicted molar refractivity (Wildman–Crippen MR) is 112 cm³/mol. The van der Waals surface area contributed by atoms with Gasteiger partial charge in [-0.3, -0.25) is 0 Å². The van der Waals surface area contributed by atoms with E-state index in [0.717, 1.165) is 11.6 Å². The minimum absolute atomic E-state index is 0.0164. The fourth-order valence-electron chi connectivity index (χ4n) is 3.52. The zero-order valence-corrected chi connectivity index (χ0v) is 17.4. The van der Waals surface area contributed by atoms with Gasteiger partial charge in [-0.1, -0.05) is 17.7 Å². The summed E-state index contributed by atoms with van der Waals surface area (Å²) in [7, 11) is 2.96. The van der Waals surface area contributed by atoms with E-state index >= 15 is 0 Å². The largest absolute Gasteiger partial charge is 0.493 e. The monoisotopic (exact) mass is 427 g/mol. The Balaban J connectivity index is 2.02. The number of ether oxygens (including phenoxy) is 2. The number of alkyl halides is 3. The van der Waals surface area contributed by atoms with Crippen LogP contribution in [0, 0.1) is 13.8 Å². The van der Waals surface area contributed by atoms with Crippen LogP contribution in [0.15, 0.2) is 48.5 Å². The van der Waals surface area contributed by atoms with Crippen LogP contribution in [0.3, 0.4) is 0 Å². The number of pyridine rings is 1. The molecule has 5 nitrogen and oxygen atoms in total. The molecule has 4 rings (SSSR count). The lowest BCUT2D eigenvalue weighted by Crippen LogP contribution is -2.08. The molecule has 0 atom stereocenters. The first-order valence-corrected chi connectivity index (χ1v) is 9.50. The highest BCUT2D eigenvalue weighted by Crippen LogP contribution is 2.40. The summed E-state index contributed by atoms with van der Waals surface area (Å²) in [6.45, 7) is 3.49. The third-order valence-electron chi connectivity index (χ3n) is 5.08. The Kier molecular flexibility index (Phi) is 5.08. The second-order valence-electron chi connectivity index (χ2n) is 7.15. The van der Waals surface area contributed by atoms with E-state index in [1.807, 2.05) is 19.1 Å². The fraction of sp³-hybridized carbons (Fsp3) is 0.217. The van der Waals surface area contributed by atoms with E-state index in [-0.39, 0.29) is 22.4 Å². The zero-order chi connectivity index (χ0) is 22.3. The molecule has 0 spiro atoms. The Hall–Kier alpha value is -3.55. The number of hydrogen-bond acceptors (Lipinski definition) is 4. The smallest absolute Gasteiger partial charge is 0.417 e. The maximum absolute atomic E-state index is 14.0. The van der Waals surface area contributed by atoms with Gasteiger partial charge in [0.05, 0.1) is 42.2 Å². The van der Waals surface area contributed by atoms with Crippen molar-refractivity contribution in [2.45, 2.75) is 20.0 Å². The van der Waals surface area contributed by atoms with Crippen LogP contribution < -0.4 is 9.47 Å². The summed E-state index contributed by atoms with van der Waals surface area (Å²) in [6, 6.07) is 13.3. The Morgan fingerprint density at radius 1 is 0.871 bits per heavy atom. The van der Waals surface area contributed by atoms with Gasteiger partial charge in [0.1, 0.15) is 0 Å². The molecular weight excluding hydrogens is 407 g/mol. The maximum Gasteiger partial charge on any atom is 0.417 e. The van der Waals surface area contributed by atoms with E-state index in [9.17, 15) is 13.2 Å². The van der Waals surface area contributed by atoms with Gasteiger partial charge in [-0.2, -0.15) is 18.3 Å². The Morgan fingerprint density at radius 2 is 1.55 bits per heavy atom. The quantitative estimate of drug-likeness (QED) is 0.417. The molecule has 4 aromatic rings. The van der Waals surface area contributed by atoms with Gasteiger partial charge in [-0.15, -0.1) is 0 Å². The summed E-state index contributed by atoms with van der Waals surface area (Å²) in [5.74, 6) is 0.877. The van der Waals surface area contributed by atoms with Gasteiger partial charge in [0.2, 0.25) is 0 Å². The van der Waals surface area contributed by atoms with Crippen LogP contribution in [0.4, 0.5) is 13.2 Å². The Bertz CT molecular complexity index is 1260. The number of nitrogens with zero attached hydrogens (tertiary/aromatic N) is 3. The third kappa shape index (κ3) is 3.69. The van der Waals surface area contributed by atoms with Gasteiger partial charge < -0.3 is 9.47 Å². The molecular formula is C23H20F3N3O2. The van der Waals surface area contributed by atoms with E-state index in [2.05, 4.69) is 10.1 Å². The highest BCUT2D eigenvalue weighted by atomic mass is 19.4. The van der Waals surface area contributed by atoms with Crippen molar-refractivity contribution in [2.24, 2.45) is 0 Å². The lowest BCUT2D eigenvalue weighted by molar-refractivity contribution is -0.136. The van der Waals surface area contributed by atoms with Gasteiger partial charge in [0.15, 0.2) is 17.1 Å². The summed E-state index contributed by atoms with van der Waals surface area (Å²) in [5, 5.41) is 4.35. The Labute approximate surface area is 177 Å². The van der Waals surface area contributed by atoms with Crippen LogP contribution in [0.1, 0.15) is 16.8 Å². The fourth-order valence-corrected chi connectivity index (χ4v) is 3.52. The van der Waals surface area contributed by atoms with Crippen molar-refractivity contribution in [1.29, 1.82) is 0 Å². The Morgan fingerprint density at radius 3 is 2.16 bits per heavy atom. The van der Waals surface area contributed by atoms with Crippen molar-refractivity contribution >= 4 is 11.0 Å². The first-order chi connectivity index (χ1) is 14.7. The summed E-state index contributed by atoms with van der Waals surface area (Å²) in [6.07, 6.45) is -4.57. The summed E-state index contributed by atoms with van der Waals surface area (Å²) in [5.41, 5.74) is 1.92. The lowest BCUT2D eigenvalue weighted by Gasteiger charge is -2.13. The molecule has 0 saturated carbocycles. The van der Waals surface area contributed by atoms with Crippen molar-refractivity contribution in [3.8, 4) is 28.4 Å². The molecule has 0 radical (unpaired) electrons. The number of rotatable bonds is 4. The van der Waals surface area contributed by atoms with Crippen LogP contribution in [0.2, 0.25) is 0 Å². The number of fused-ring (bicyclic) bond motifs is 1. The molecule has 0 amide bonds. The lowest BCUT2D eigenvalue weighted by atomic mass is 10.0. The van der Waals surface area contributed by atoms with E-state index in [1.165, 1.54) is 18.9 Å². The molecule has 2 aromatic carbocycles. The number of aryl methyl sites for hydroxylation is 2. The van der Waals surface area contributed by atoms with Crippen molar-refractivity contribution in [3.63, 3.8) is 0 Å². The van der Waals surface area contributed by atoms with Crippen molar-refractivity contribution in [1.82, 2.24) is 14.8 Å². The molecule has 0 aliphatic rings. The molecule has 0 bridgehead atoms. The maximum atomic E-state index is 14.0. The highest BCUT2D eigenvalue weighted by Gasteiger charge is 2.36.